The first-order valence-corrected chi connectivity index (χ1v) is 9.59. The molecule has 4 nitrogen and oxygen atoms in total. The van der Waals surface area contributed by atoms with Crippen LogP contribution >= 0.6 is 11.8 Å². The molecule has 1 saturated heterocycles. The highest BCUT2D eigenvalue weighted by atomic mass is 32.2. The van der Waals surface area contributed by atoms with Crippen molar-refractivity contribution >= 4 is 21.6 Å². The van der Waals surface area contributed by atoms with Gasteiger partial charge >= 0.3 is 0 Å². The van der Waals surface area contributed by atoms with E-state index >= 15 is 0 Å². The van der Waals surface area contributed by atoms with Crippen LogP contribution in [0, 0.1) is 0 Å². The Kier molecular flexibility index (Phi) is 4.08. The Labute approximate surface area is 123 Å². The smallest absolute Gasteiger partial charge is 0.154 e. The summed E-state index contributed by atoms with van der Waals surface area (Å²) in [5, 5.41) is 13.0. The average Bonchev–Trinajstić information content (AvgIpc) is 3.16. The molecule has 1 aromatic rings. The number of hydrogen-bond acceptors (Lipinski definition) is 5. The number of benzene rings is 1. The molecule has 1 aromatic carbocycles. The van der Waals surface area contributed by atoms with E-state index in [9.17, 15) is 13.5 Å². The van der Waals surface area contributed by atoms with Gasteiger partial charge in [0.2, 0.25) is 0 Å². The summed E-state index contributed by atoms with van der Waals surface area (Å²) in [7, 11) is -3.06. The Bertz CT molecular complexity index is 567. The molecule has 1 heterocycles. The number of rotatable bonds is 5. The van der Waals surface area contributed by atoms with Crippen LogP contribution in [0.1, 0.15) is 18.4 Å². The van der Waals surface area contributed by atoms with Crippen molar-refractivity contribution in [3.05, 3.63) is 29.8 Å². The fraction of sp³-hybridized carbons (Fsp3) is 0.571. The highest BCUT2D eigenvalue weighted by Crippen LogP contribution is 2.31. The highest BCUT2D eigenvalue weighted by Gasteiger charge is 2.36. The van der Waals surface area contributed by atoms with Crippen LogP contribution in [0.3, 0.4) is 0 Å². The second kappa shape index (κ2) is 5.67. The van der Waals surface area contributed by atoms with E-state index in [1.165, 1.54) is 30.2 Å². The van der Waals surface area contributed by atoms with Crippen LogP contribution in [-0.2, 0) is 16.4 Å². The first-order chi connectivity index (χ1) is 9.52. The summed E-state index contributed by atoms with van der Waals surface area (Å²) in [5.41, 5.74) is 1.24. The molecule has 1 aliphatic heterocycles. The monoisotopic (exact) mass is 313 g/mol. The Morgan fingerprint density at radius 3 is 2.45 bits per heavy atom. The van der Waals surface area contributed by atoms with Gasteiger partial charge in [-0.25, -0.2) is 8.42 Å². The minimum atomic E-state index is -3.06. The molecule has 0 aromatic heterocycles. The first-order valence-electron chi connectivity index (χ1n) is 6.89. The van der Waals surface area contributed by atoms with Crippen molar-refractivity contribution in [2.45, 2.75) is 41.7 Å². The van der Waals surface area contributed by atoms with Gasteiger partial charge in [-0.15, -0.1) is 11.8 Å². The molecule has 0 amide bonds. The van der Waals surface area contributed by atoms with Crippen LogP contribution in [0.5, 0.6) is 0 Å². The van der Waals surface area contributed by atoms with Crippen LogP contribution < -0.4 is 5.32 Å². The molecule has 3 rings (SSSR count). The van der Waals surface area contributed by atoms with E-state index < -0.39 is 15.9 Å². The van der Waals surface area contributed by atoms with E-state index in [0.29, 0.717) is 6.04 Å². The summed E-state index contributed by atoms with van der Waals surface area (Å²) in [5.74, 6) is -0.0299. The summed E-state index contributed by atoms with van der Waals surface area (Å²) in [6.07, 6.45) is 1.81. The zero-order valence-electron chi connectivity index (χ0n) is 11.2. The second-order valence-electron chi connectivity index (χ2n) is 5.60. The number of aliphatic hydroxyl groups excluding tert-OH is 1. The van der Waals surface area contributed by atoms with Gasteiger partial charge in [0.05, 0.1) is 22.9 Å². The summed E-state index contributed by atoms with van der Waals surface area (Å²) < 4.78 is 22.9. The van der Waals surface area contributed by atoms with Gasteiger partial charge in [0.15, 0.2) is 9.84 Å². The van der Waals surface area contributed by atoms with Crippen molar-refractivity contribution in [3.63, 3.8) is 0 Å². The van der Waals surface area contributed by atoms with Crippen LogP contribution in [-0.4, -0.2) is 42.4 Å². The lowest BCUT2D eigenvalue weighted by atomic mass is 10.2. The van der Waals surface area contributed by atoms with Gasteiger partial charge in [0, 0.05) is 17.5 Å². The third-order valence-corrected chi connectivity index (χ3v) is 6.91. The van der Waals surface area contributed by atoms with E-state index in [4.69, 9.17) is 0 Å². The van der Waals surface area contributed by atoms with Gasteiger partial charge < -0.3 is 10.4 Å². The summed E-state index contributed by atoms with van der Waals surface area (Å²) in [6.45, 7) is 0.885. The van der Waals surface area contributed by atoms with Crippen LogP contribution in [0.15, 0.2) is 29.2 Å². The molecular weight excluding hydrogens is 294 g/mol. The predicted molar refractivity (Wildman–Crippen MR) is 80.6 cm³/mol. The second-order valence-corrected chi connectivity index (χ2v) is 9.07. The fourth-order valence-corrected chi connectivity index (χ4v) is 5.84. The van der Waals surface area contributed by atoms with E-state index in [2.05, 4.69) is 17.4 Å². The van der Waals surface area contributed by atoms with Crippen LogP contribution in [0.4, 0.5) is 0 Å². The minimum Gasteiger partial charge on any atom is -0.391 e. The summed E-state index contributed by atoms with van der Waals surface area (Å²) >= 11 is 1.46. The molecule has 0 radical (unpaired) electrons. The van der Waals surface area contributed by atoms with Crippen LogP contribution in [0.25, 0.3) is 0 Å². The highest BCUT2D eigenvalue weighted by molar-refractivity contribution is 8.02. The molecule has 6 heteroatoms. The Morgan fingerprint density at radius 1 is 1.20 bits per heavy atom. The first kappa shape index (κ1) is 14.4. The van der Waals surface area contributed by atoms with Crippen molar-refractivity contribution in [2.75, 3.05) is 11.5 Å². The number of thioether (sulfide) groups is 1. The quantitative estimate of drug-likeness (QED) is 0.855. The topological polar surface area (TPSA) is 66.4 Å². The molecule has 2 unspecified atom stereocenters. The van der Waals surface area contributed by atoms with Gasteiger partial charge in [0.25, 0.3) is 0 Å². The zero-order chi connectivity index (χ0) is 14.2. The van der Waals surface area contributed by atoms with E-state index in [-0.39, 0.29) is 16.8 Å². The third-order valence-electron chi connectivity index (χ3n) is 3.66. The Hall–Kier alpha value is -0.560. The van der Waals surface area contributed by atoms with Gasteiger partial charge in [0.1, 0.15) is 0 Å². The number of nitrogens with one attached hydrogen (secondary N) is 1. The van der Waals surface area contributed by atoms with Crippen molar-refractivity contribution in [1.82, 2.24) is 5.32 Å². The van der Waals surface area contributed by atoms with Crippen LogP contribution in [0.2, 0.25) is 0 Å². The maximum atomic E-state index is 11.5. The maximum Gasteiger partial charge on any atom is 0.154 e. The minimum absolute atomic E-state index is 0.0732. The van der Waals surface area contributed by atoms with Gasteiger partial charge in [-0.3, -0.25) is 0 Å². The lowest BCUT2D eigenvalue weighted by molar-refractivity contribution is 0.207. The average molecular weight is 313 g/mol. The van der Waals surface area contributed by atoms with Gasteiger partial charge in [-0.05, 0) is 30.5 Å². The molecule has 1 saturated carbocycles. The lowest BCUT2D eigenvalue weighted by Gasteiger charge is -2.12. The van der Waals surface area contributed by atoms with Crippen molar-refractivity contribution in [3.8, 4) is 0 Å². The lowest BCUT2D eigenvalue weighted by Crippen LogP contribution is -2.19. The standard InChI is InChI=1S/C14H19NO3S2/c16-13-8-20(17,18)9-14(13)19-12-5-1-10(2-6-12)7-15-11-3-4-11/h1-2,5-6,11,13-16H,3-4,7-9H2. The SMILES string of the molecule is O=S1(=O)CC(O)C(Sc2ccc(CNC3CC3)cc2)C1. The number of hydrogen-bond donors (Lipinski definition) is 2. The summed E-state index contributed by atoms with van der Waals surface area (Å²) in [4.78, 5) is 1.02. The normalized spacial score (nSPS) is 28.6. The number of sulfone groups is 1. The molecule has 1 aliphatic carbocycles. The van der Waals surface area contributed by atoms with Gasteiger partial charge in [-0.1, -0.05) is 12.1 Å². The molecule has 0 bridgehead atoms. The molecule has 2 atom stereocenters. The summed E-state index contributed by atoms with van der Waals surface area (Å²) in [6, 6.07) is 8.84. The van der Waals surface area contributed by atoms with E-state index in [0.717, 1.165) is 11.4 Å². The Balaban J connectivity index is 1.57. The maximum absolute atomic E-state index is 11.5. The van der Waals surface area contributed by atoms with E-state index in [1.54, 1.807) is 0 Å². The number of aliphatic hydroxyl groups is 1. The largest absolute Gasteiger partial charge is 0.391 e. The molecule has 0 spiro atoms. The predicted octanol–water partition coefficient (Wildman–Crippen LogP) is 1.19. The molecule has 20 heavy (non-hydrogen) atoms. The molecule has 2 fully saturated rings. The Morgan fingerprint density at radius 2 is 1.90 bits per heavy atom. The van der Waals surface area contributed by atoms with Crippen molar-refractivity contribution < 1.29 is 13.5 Å². The van der Waals surface area contributed by atoms with Gasteiger partial charge in [-0.2, -0.15) is 0 Å². The van der Waals surface area contributed by atoms with Crippen molar-refractivity contribution in [1.29, 1.82) is 0 Å². The fourth-order valence-electron chi connectivity index (χ4n) is 2.32. The molecule has 2 aliphatic rings. The van der Waals surface area contributed by atoms with E-state index in [1.807, 2.05) is 12.1 Å². The molecule has 110 valence electrons. The molecule has 2 N–H and O–H groups in total. The zero-order valence-corrected chi connectivity index (χ0v) is 12.8. The molecular formula is C14H19NO3S2. The third kappa shape index (κ3) is 3.75. The van der Waals surface area contributed by atoms with Crippen molar-refractivity contribution in [2.24, 2.45) is 0 Å².